The summed E-state index contributed by atoms with van der Waals surface area (Å²) in [5, 5.41) is 2.07. The molecule has 146 valence electrons. The number of ether oxygens (including phenoxy) is 3. The number of aryl methyl sites for hydroxylation is 2. The molecule has 0 N–H and O–H groups in total. The number of benzene rings is 3. The highest BCUT2D eigenvalue weighted by molar-refractivity contribution is 5.91. The van der Waals surface area contributed by atoms with Crippen molar-refractivity contribution < 1.29 is 19.0 Å². The van der Waals surface area contributed by atoms with Gasteiger partial charge in [-0.2, -0.15) is 0 Å². The average Bonchev–Trinajstić information content (AvgIpc) is 2.74. The van der Waals surface area contributed by atoms with Crippen molar-refractivity contribution in [1.82, 2.24) is 0 Å². The minimum Gasteiger partial charge on any atom is -0.464 e. The molecule has 0 aromatic heterocycles. The third kappa shape index (κ3) is 4.77. The summed E-state index contributed by atoms with van der Waals surface area (Å²) in [5.41, 5.74) is 3.20. The van der Waals surface area contributed by atoms with Crippen molar-refractivity contribution >= 4 is 16.7 Å². The number of fused-ring (bicyclic) bond motifs is 1. The molecule has 3 aromatic carbocycles. The fourth-order valence-electron chi connectivity index (χ4n) is 3.42. The van der Waals surface area contributed by atoms with Gasteiger partial charge in [0.25, 0.3) is 0 Å². The number of hydrogen-bond donors (Lipinski definition) is 0. The Morgan fingerprint density at radius 1 is 0.929 bits per heavy atom. The predicted octanol–water partition coefficient (Wildman–Crippen LogP) is 4.85. The van der Waals surface area contributed by atoms with E-state index in [1.165, 1.54) is 5.56 Å². The zero-order valence-electron chi connectivity index (χ0n) is 16.4. The number of esters is 1. The second-order valence-electron chi connectivity index (χ2n) is 6.55. The first-order valence-corrected chi connectivity index (χ1v) is 9.56. The highest BCUT2D eigenvalue weighted by atomic mass is 16.7. The Kier molecular flexibility index (Phi) is 7.18. The van der Waals surface area contributed by atoms with Crippen molar-refractivity contribution in [3.05, 3.63) is 83.4 Å². The van der Waals surface area contributed by atoms with Gasteiger partial charge in [-0.15, -0.1) is 0 Å². The summed E-state index contributed by atoms with van der Waals surface area (Å²) in [4.78, 5) is 12.7. The number of rotatable bonds is 9. The average molecular weight is 378 g/mol. The molecule has 1 unspecified atom stereocenters. The standard InChI is InChI=1S/C24H26O4/c1-3-27-24(25)23(28-17-26-2)22-20(14-13-18-9-5-4-6-10-18)16-15-19-11-7-8-12-21(19)22/h4-12,15-16,23H,3,13-14,17H2,1-2H3. The quantitative estimate of drug-likeness (QED) is 0.394. The molecule has 3 rings (SSSR count). The summed E-state index contributed by atoms with van der Waals surface area (Å²) < 4.78 is 16.2. The molecule has 1 atom stereocenters. The second kappa shape index (κ2) is 10.0. The second-order valence-corrected chi connectivity index (χ2v) is 6.55. The van der Waals surface area contributed by atoms with E-state index >= 15 is 0 Å². The number of hydrogen-bond acceptors (Lipinski definition) is 4. The molecule has 0 amide bonds. The molecular weight excluding hydrogens is 352 g/mol. The topological polar surface area (TPSA) is 44.8 Å². The van der Waals surface area contributed by atoms with Gasteiger partial charge >= 0.3 is 5.97 Å². The van der Waals surface area contributed by atoms with E-state index in [0.717, 1.165) is 34.7 Å². The Balaban J connectivity index is 2.03. The van der Waals surface area contributed by atoms with Crippen LogP contribution in [0.4, 0.5) is 0 Å². The molecule has 4 nitrogen and oxygen atoms in total. The van der Waals surface area contributed by atoms with E-state index in [0.29, 0.717) is 6.61 Å². The molecule has 28 heavy (non-hydrogen) atoms. The zero-order chi connectivity index (χ0) is 19.8. The van der Waals surface area contributed by atoms with Gasteiger partial charge in [0, 0.05) is 12.7 Å². The van der Waals surface area contributed by atoms with Crippen LogP contribution < -0.4 is 0 Å². The Labute approximate surface area is 166 Å². The monoisotopic (exact) mass is 378 g/mol. The van der Waals surface area contributed by atoms with Gasteiger partial charge in [-0.25, -0.2) is 4.79 Å². The van der Waals surface area contributed by atoms with Crippen LogP contribution >= 0.6 is 0 Å². The maximum absolute atomic E-state index is 12.7. The first-order chi connectivity index (χ1) is 13.7. The Bertz CT molecular complexity index is 905. The van der Waals surface area contributed by atoms with Crippen LogP contribution in [0, 0.1) is 0 Å². The Morgan fingerprint density at radius 3 is 2.43 bits per heavy atom. The fourth-order valence-corrected chi connectivity index (χ4v) is 3.42. The first-order valence-electron chi connectivity index (χ1n) is 9.56. The minimum absolute atomic E-state index is 0.0187. The van der Waals surface area contributed by atoms with Gasteiger partial charge in [0.2, 0.25) is 0 Å². The van der Waals surface area contributed by atoms with E-state index in [-0.39, 0.29) is 6.79 Å². The predicted molar refractivity (Wildman–Crippen MR) is 110 cm³/mol. The van der Waals surface area contributed by atoms with E-state index in [4.69, 9.17) is 14.2 Å². The molecule has 0 saturated carbocycles. The maximum atomic E-state index is 12.7. The molecule has 0 spiro atoms. The van der Waals surface area contributed by atoms with Crippen LogP contribution in [-0.2, 0) is 31.8 Å². The lowest BCUT2D eigenvalue weighted by Gasteiger charge is -2.21. The van der Waals surface area contributed by atoms with Crippen molar-refractivity contribution in [2.75, 3.05) is 20.5 Å². The molecule has 3 aromatic rings. The summed E-state index contributed by atoms with van der Waals surface area (Å²) in [5.74, 6) is -0.392. The lowest BCUT2D eigenvalue weighted by atomic mass is 9.91. The third-order valence-electron chi connectivity index (χ3n) is 4.70. The zero-order valence-corrected chi connectivity index (χ0v) is 16.4. The largest absolute Gasteiger partial charge is 0.464 e. The van der Waals surface area contributed by atoms with Crippen LogP contribution in [0.2, 0.25) is 0 Å². The lowest BCUT2D eigenvalue weighted by molar-refractivity contribution is -0.165. The van der Waals surface area contributed by atoms with Gasteiger partial charge in [0.05, 0.1) is 6.61 Å². The molecule has 0 aliphatic rings. The van der Waals surface area contributed by atoms with Crippen LogP contribution in [0.1, 0.15) is 29.7 Å². The number of methoxy groups -OCH3 is 1. The maximum Gasteiger partial charge on any atom is 0.340 e. The highest BCUT2D eigenvalue weighted by Crippen LogP contribution is 2.32. The summed E-state index contributed by atoms with van der Waals surface area (Å²) in [7, 11) is 1.54. The van der Waals surface area contributed by atoms with Crippen molar-refractivity contribution in [2.24, 2.45) is 0 Å². The Morgan fingerprint density at radius 2 is 1.68 bits per heavy atom. The molecule has 4 heteroatoms. The van der Waals surface area contributed by atoms with Crippen LogP contribution in [0.25, 0.3) is 10.8 Å². The molecule has 0 bridgehead atoms. The summed E-state index contributed by atoms with van der Waals surface area (Å²) in [6, 6.07) is 22.5. The summed E-state index contributed by atoms with van der Waals surface area (Å²) in [6.07, 6.45) is 0.861. The number of carbonyl (C=O) groups is 1. The van der Waals surface area contributed by atoms with Gasteiger partial charge in [-0.05, 0) is 41.7 Å². The molecule has 0 aliphatic carbocycles. The van der Waals surface area contributed by atoms with E-state index in [9.17, 15) is 4.79 Å². The molecule has 0 saturated heterocycles. The SMILES string of the molecule is CCOC(=O)C(OCOC)c1c(CCc2ccccc2)ccc2ccccc12. The van der Waals surface area contributed by atoms with Gasteiger partial charge < -0.3 is 14.2 Å². The summed E-state index contributed by atoms with van der Waals surface area (Å²) >= 11 is 0. The third-order valence-corrected chi connectivity index (χ3v) is 4.70. The smallest absolute Gasteiger partial charge is 0.340 e. The lowest BCUT2D eigenvalue weighted by Crippen LogP contribution is -2.22. The normalized spacial score (nSPS) is 12.1. The number of carbonyl (C=O) groups excluding carboxylic acids is 1. The van der Waals surface area contributed by atoms with Crippen molar-refractivity contribution in [3.63, 3.8) is 0 Å². The molecule has 0 heterocycles. The van der Waals surface area contributed by atoms with Gasteiger partial charge in [0.1, 0.15) is 6.79 Å². The van der Waals surface area contributed by atoms with Crippen LogP contribution in [0.15, 0.2) is 66.7 Å². The van der Waals surface area contributed by atoms with Gasteiger partial charge in [-0.3, -0.25) is 0 Å². The fraction of sp³-hybridized carbons (Fsp3) is 0.292. The molecule has 0 aliphatic heterocycles. The van der Waals surface area contributed by atoms with Gasteiger partial charge in [0.15, 0.2) is 6.10 Å². The molecule has 0 fully saturated rings. The first kappa shape index (κ1) is 20.1. The van der Waals surface area contributed by atoms with Crippen LogP contribution in [0.3, 0.4) is 0 Å². The Hall–Kier alpha value is -2.69. The van der Waals surface area contributed by atoms with Crippen molar-refractivity contribution in [2.45, 2.75) is 25.9 Å². The summed E-state index contributed by atoms with van der Waals surface area (Å²) in [6.45, 7) is 2.12. The minimum atomic E-state index is -0.822. The van der Waals surface area contributed by atoms with E-state index < -0.39 is 12.1 Å². The van der Waals surface area contributed by atoms with Crippen LogP contribution in [-0.4, -0.2) is 26.5 Å². The van der Waals surface area contributed by atoms with E-state index in [1.54, 1.807) is 14.0 Å². The highest BCUT2D eigenvalue weighted by Gasteiger charge is 2.27. The van der Waals surface area contributed by atoms with Crippen LogP contribution in [0.5, 0.6) is 0 Å². The van der Waals surface area contributed by atoms with E-state index in [2.05, 4.69) is 24.3 Å². The van der Waals surface area contributed by atoms with E-state index in [1.807, 2.05) is 42.5 Å². The van der Waals surface area contributed by atoms with Gasteiger partial charge in [-0.1, -0.05) is 66.7 Å². The molecule has 0 radical (unpaired) electrons. The molecular formula is C24H26O4. The van der Waals surface area contributed by atoms with Crippen molar-refractivity contribution in [1.29, 1.82) is 0 Å². The van der Waals surface area contributed by atoms with Crippen molar-refractivity contribution in [3.8, 4) is 0 Å².